The highest BCUT2D eigenvalue weighted by molar-refractivity contribution is 6.30. The Balaban J connectivity index is 1.72. The summed E-state index contributed by atoms with van der Waals surface area (Å²) in [6.07, 6.45) is 3.78. The van der Waals surface area contributed by atoms with Gasteiger partial charge in [-0.05, 0) is 69.9 Å². The number of piperidine rings is 1. The third kappa shape index (κ3) is 5.13. The maximum atomic E-state index is 5.90. The van der Waals surface area contributed by atoms with Gasteiger partial charge in [-0.2, -0.15) is 0 Å². The number of rotatable bonds is 5. The topological polar surface area (TPSA) is 15.3 Å². The van der Waals surface area contributed by atoms with Gasteiger partial charge in [0.15, 0.2) is 0 Å². The SMILES string of the molecule is CC(Cc1ccc(Cl)cc1)NCC1CCCN(C)C1. The lowest BCUT2D eigenvalue weighted by atomic mass is 9.98. The third-order valence-corrected chi connectivity index (χ3v) is 4.18. The van der Waals surface area contributed by atoms with Crippen LogP contribution in [-0.4, -0.2) is 37.6 Å². The highest BCUT2D eigenvalue weighted by Crippen LogP contribution is 2.15. The Bertz CT molecular complexity index is 377. The van der Waals surface area contributed by atoms with Crippen LogP contribution in [0.25, 0.3) is 0 Å². The molecule has 1 aliphatic rings. The van der Waals surface area contributed by atoms with Crippen LogP contribution >= 0.6 is 11.6 Å². The molecule has 106 valence electrons. The first-order chi connectivity index (χ1) is 9.13. The van der Waals surface area contributed by atoms with Crippen molar-refractivity contribution in [1.29, 1.82) is 0 Å². The molecule has 1 aromatic carbocycles. The quantitative estimate of drug-likeness (QED) is 0.891. The minimum absolute atomic E-state index is 0.522. The third-order valence-electron chi connectivity index (χ3n) is 3.93. The second-order valence-corrected chi connectivity index (χ2v) is 6.35. The first kappa shape index (κ1) is 14.8. The van der Waals surface area contributed by atoms with Gasteiger partial charge in [-0.1, -0.05) is 23.7 Å². The normalized spacial score (nSPS) is 22.4. The van der Waals surface area contributed by atoms with Gasteiger partial charge in [-0.25, -0.2) is 0 Å². The number of benzene rings is 1. The van der Waals surface area contributed by atoms with Crippen LogP contribution in [0.5, 0.6) is 0 Å². The van der Waals surface area contributed by atoms with E-state index in [1.807, 2.05) is 12.1 Å². The average molecular weight is 281 g/mol. The first-order valence-electron chi connectivity index (χ1n) is 7.30. The van der Waals surface area contributed by atoms with E-state index in [0.29, 0.717) is 6.04 Å². The maximum absolute atomic E-state index is 5.90. The molecular weight excluding hydrogens is 256 g/mol. The number of hydrogen-bond donors (Lipinski definition) is 1. The molecule has 1 fully saturated rings. The van der Waals surface area contributed by atoms with E-state index >= 15 is 0 Å². The Hall–Kier alpha value is -0.570. The standard InChI is InChI=1S/C16H25ClN2/c1-13(10-14-5-7-16(17)8-6-14)18-11-15-4-3-9-19(2)12-15/h5-8,13,15,18H,3-4,9-12H2,1-2H3. The lowest BCUT2D eigenvalue weighted by molar-refractivity contribution is 0.203. The highest BCUT2D eigenvalue weighted by Gasteiger charge is 2.17. The molecule has 1 aliphatic heterocycles. The lowest BCUT2D eigenvalue weighted by Gasteiger charge is -2.30. The number of halogens is 1. The summed E-state index contributed by atoms with van der Waals surface area (Å²) in [6, 6.07) is 8.71. The van der Waals surface area contributed by atoms with Crippen molar-refractivity contribution in [3.8, 4) is 0 Å². The summed E-state index contributed by atoms with van der Waals surface area (Å²) in [4.78, 5) is 2.44. The molecule has 1 N–H and O–H groups in total. The molecule has 0 spiro atoms. The molecule has 1 heterocycles. The molecule has 0 bridgehead atoms. The van der Waals surface area contributed by atoms with Crippen LogP contribution in [0, 0.1) is 5.92 Å². The Labute approximate surface area is 122 Å². The second kappa shape index (κ2) is 7.28. The zero-order valence-electron chi connectivity index (χ0n) is 12.0. The van der Waals surface area contributed by atoms with Crippen molar-refractivity contribution in [2.24, 2.45) is 5.92 Å². The summed E-state index contributed by atoms with van der Waals surface area (Å²) >= 11 is 5.90. The number of likely N-dealkylation sites (tertiary alicyclic amines) is 1. The van der Waals surface area contributed by atoms with Crippen LogP contribution in [0.15, 0.2) is 24.3 Å². The summed E-state index contributed by atoms with van der Waals surface area (Å²) < 4.78 is 0. The van der Waals surface area contributed by atoms with Gasteiger partial charge >= 0.3 is 0 Å². The van der Waals surface area contributed by atoms with Crippen LogP contribution < -0.4 is 5.32 Å². The van der Waals surface area contributed by atoms with Gasteiger partial charge in [0.05, 0.1) is 0 Å². The Morgan fingerprint density at radius 1 is 1.37 bits per heavy atom. The summed E-state index contributed by atoms with van der Waals surface area (Å²) in [5, 5.41) is 4.49. The average Bonchev–Trinajstić information content (AvgIpc) is 2.39. The number of nitrogens with one attached hydrogen (secondary N) is 1. The molecule has 2 unspecified atom stereocenters. The van der Waals surface area contributed by atoms with Crippen LogP contribution in [0.2, 0.25) is 5.02 Å². The van der Waals surface area contributed by atoms with Crippen LogP contribution in [0.1, 0.15) is 25.3 Å². The summed E-state index contributed by atoms with van der Waals surface area (Å²) in [7, 11) is 2.23. The van der Waals surface area contributed by atoms with E-state index in [0.717, 1.165) is 23.9 Å². The molecule has 0 amide bonds. The minimum Gasteiger partial charge on any atom is -0.314 e. The van der Waals surface area contributed by atoms with E-state index in [1.54, 1.807) is 0 Å². The van der Waals surface area contributed by atoms with Gasteiger partial charge in [0.1, 0.15) is 0 Å². The van der Waals surface area contributed by atoms with Crippen molar-refractivity contribution < 1.29 is 0 Å². The van der Waals surface area contributed by atoms with Gasteiger partial charge in [-0.3, -0.25) is 0 Å². The molecular formula is C16H25ClN2. The summed E-state index contributed by atoms with van der Waals surface area (Å²) in [5.74, 6) is 0.811. The molecule has 2 atom stereocenters. The maximum Gasteiger partial charge on any atom is 0.0406 e. The van der Waals surface area contributed by atoms with E-state index in [1.165, 1.54) is 31.5 Å². The zero-order valence-corrected chi connectivity index (χ0v) is 12.8. The second-order valence-electron chi connectivity index (χ2n) is 5.91. The van der Waals surface area contributed by atoms with E-state index in [9.17, 15) is 0 Å². The van der Waals surface area contributed by atoms with Crippen molar-refractivity contribution in [3.63, 3.8) is 0 Å². The largest absolute Gasteiger partial charge is 0.314 e. The smallest absolute Gasteiger partial charge is 0.0406 e. The van der Waals surface area contributed by atoms with Crippen LogP contribution in [-0.2, 0) is 6.42 Å². The number of nitrogens with zero attached hydrogens (tertiary/aromatic N) is 1. The monoisotopic (exact) mass is 280 g/mol. The molecule has 3 heteroatoms. The summed E-state index contributed by atoms with van der Waals surface area (Å²) in [5.41, 5.74) is 1.35. The lowest BCUT2D eigenvalue weighted by Crippen LogP contribution is -2.40. The van der Waals surface area contributed by atoms with Gasteiger partial charge in [0, 0.05) is 17.6 Å². The van der Waals surface area contributed by atoms with Crippen molar-refractivity contribution in [2.75, 3.05) is 26.7 Å². The molecule has 1 saturated heterocycles. The Kier molecular flexibility index (Phi) is 5.68. The van der Waals surface area contributed by atoms with Crippen LogP contribution in [0.3, 0.4) is 0 Å². The Morgan fingerprint density at radius 2 is 2.11 bits per heavy atom. The van der Waals surface area contributed by atoms with E-state index < -0.39 is 0 Å². The number of hydrogen-bond acceptors (Lipinski definition) is 2. The van der Waals surface area contributed by atoms with Crippen molar-refractivity contribution >= 4 is 11.6 Å². The van der Waals surface area contributed by atoms with E-state index in [2.05, 4.69) is 36.3 Å². The highest BCUT2D eigenvalue weighted by atomic mass is 35.5. The molecule has 0 radical (unpaired) electrons. The fourth-order valence-corrected chi connectivity index (χ4v) is 2.98. The molecule has 0 aromatic heterocycles. The first-order valence-corrected chi connectivity index (χ1v) is 7.67. The van der Waals surface area contributed by atoms with Crippen molar-refractivity contribution in [1.82, 2.24) is 10.2 Å². The molecule has 19 heavy (non-hydrogen) atoms. The van der Waals surface area contributed by atoms with E-state index in [4.69, 9.17) is 11.6 Å². The predicted octanol–water partition coefficient (Wildman–Crippen LogP) is 3.20. The van der Waals surface area contributed by atoms with Gasteiger partial charge in [0.2, 0.25) is 0 Å². The van der Waals surface area contributed by atoms with Crippen LogP contribution in [0.4, 0.5) is 0 Å². The molecule has 1 aromatic rings. The van der Waals surface area contributed by atoms with Crippen molar-refractivity contribution in [2.45, 2.75) is 32.2 Å². The van der Waals surface area contributed by atoms with Crippen molar-refractivity contribution in [3.05, 3.63) is 34.9 Å². The van der Waals surface area contributed by atoms with Gasteiger partial charge < -0.3 is 10.2 Å². The Morgan fingerprint density at radius 3 is 2.79 bits per heavy atom. The minimum atomic E-state index is 0.522. The predicted molar refractivity (Wildman–Crippen MR) is 82.8 cm³/mol. The molecule has 2 nitrogen and oxygen atoms in total. The van der Waals surface area contributed by atoms with Gasteiger partial charge in [-0.15, -0.1) is 0 Å². The summed E-state index contributed by atoms with van der Waals surface area (Å²) in [6.45, 7) is 5.90. The fourth-order valence-electron chi connectivity index (χ4n) is 2.85. The zero-order chi connectivity index (χ0) is 13.7. The fraction of sp³-hybridized carbons (Fsp3) is 0.625. The molecule has 0 saturated carbocycles. The van der Waals surface area contributed by atoms with E-state index in [-0.39, 0.29) is 0 Å². The molecule has 2 rings (SSSR count). The van der Waals surface area contributed by atoms with Gasteiger partial charge in [0.25, 0.3) is 0 Å². The molecule has 0 aliphatic carbocycles.